The quantitative estimate of drug-likeness (QED) is 0.308. The fourth-order valence-corrected chi connectivity index (χ4v) is 5.02. The minimum Gasteiger partial charge on any atom is -0.467 e. The van der Waals surface area contributed by atoms with E-state index in [0.717, 1.165) is 14.0 Å². The highest BCUT2D eigenvalue weighted by atomic mass is 31.2. The van der Waals surface area contributed by atoms with Gasteiger partial charge in [0, 0.05) is 0 Å². The predicted molar refractivity (Wildman–Crippen MR) is 122 cm³/mol. The molecule has 0 bridgehead atoms. The number of imidazole rings is 1. The minimum absolute atomic E-state index is 0.0751. The number of ether oxygens (including phenoxy) is 2. The van der Waals surface area contributed by atoms with Gasteiger partial charge in [-0.25, -0.2) is 28.2 Å². The molecule has 0 spiro atoms. The third kappa shape index (κ3) is 5.04. The topological polar surface area (TPSA) is 170 Å². The molecular formula is C21H25FN5O8P. The van der Waals surface area contributed by atoms with Gasteiger partial charge in [-0.15, -0.1) is 0 Å². The number of anilines is 1. The van der Waals surface area contributed by atoms with Gasteiger partial charge in [0.05, 0.1) is 25.6 Å². The first kappa shape index (κ1) is 25.9. The van der Waals surface area contributed by atoms with E-state index in [1.165, 1.54) is 36.1 Å². The van der Waals surface area contributed by atoms with E-state index in [1.54, 1.807) is 18.2 Å². The Kier molecular flexibility index (Phi) is 7.25. The van der Waals surface area contributed by atoms with Crippen LogP contribution in [0.15, 0.2) is 42.9 Å². The van der Waals surface area contributed by atoms with Gasteiger partial charge in [0.15, 0.2) is 23.2 Å². The summed E-state index contributed by atoms with van der Waals surface area (Å²) in [4.78, 5) is 19.8. The van der Waals surface area contributed by atoms with Crippen LogP contribution in [-0.4, -0.2) is 68.4 Å². The fraction of sp³-hybridized carbons (Fsp3) is 0.429. The van der Waals surface area contributed by atoms with Gasteiger partial charge in [0.1, 0.15) is 30.4 Å². The monoisotopic (exact) mass is 525 g/mol. The number of nitrogen functional groups attached to an aromatic ring is 1. The van der Waals surface area contributed by atoms with Crippen LogP contribution >= 0.6 is 7.82 Å². The summed E-state index contributed by atoms with van der Waals surface area (Å²) >= 11 is 0. The van der Waals surface area contributed by atoms with Crippen LogP contribution in [0.3, 0.4) is 0 Å². The molecule has 1 unspecified atom stereocenters. The Hall–Kier alpha value is -3.16. The summed E-state index contributed by atoms with van der Waals surface area (Å²) in [5.41, 5.74) is 3.82. The lowest BCUT2D eigenvalue weighted by Gasteiger charge is -2.24. The maximum atomic E-state index is 15.7. The standard InChI is InChI=1S/C21H25FN5O8P/c1-12(20(29)31-3)34-36(30,35-13-7-5-4-6-8-13)32-10-15-16(28)21(2,22)17(33-15)14-9-24-19-18(23)25-11-26-27(14)19/h4-9,11-12,15-17,28H,10H2,1-3H3,(H2,23,25,26)/t12-,15+,16+,17-,21+,36?/m0/s1. The first-order valence-electron chi connectivity index (χ1n) is 10.8. The van der Waals surface area contributed by atoms with E-state index in [0.29, 0.717) is 0 Å². The number of rotatable bonds is 9. The molecule has 4 rings (SSSR count). The van der Waals surface area contributed by atoms with E-state index in [1.807, 2.05) is 0 Å². The van der Waals surface area contributed by atoms with Crippen molar-refractivity contribution in [3.63, 3.8) is 0 Å². The Morgan fingerprint density at radius 2 is 2.08 bits per heavy atom. The molecule has 3 N–H and O–H groups in total. The average Bonchev–Trinajstić information content (AvgIpc) is 3.37. The fourth-order valence-electron chi connectivity index (χ4n) is 3.68. The molecule has 0 amide bonds. The number of hydrogen-bond acceptors (Lipinski definition) is 12. The van der Waals surface area contributed by atoms with Crippen LogP contribution in [0.25, 0.3) is 5.65 Å². The number of aliphatic hydroxyl groups excluding tert-OH is 1. The second-order valence-electron chi connectivity index (χ2n) is 8.13. The van der Waals surface area contributed by atoms with E-state index in [-0.39, 0.29) is 22.9 Å². The molecule has 3 aromatic rings. The van der Waals surface area contributed by atoms with E-state index in [2.05, 4.69) is 19.8 Å². The molecule has 1 saturated heterocycles. The SMILES string of the molecule is COC(=O)[C@H](C)OP(=O)(OC[C@H]1O[C@@H](c2cnc3c(N)ncnn23)[C@](C)(F)[C@@H]1O)Oc1ccccc1. The van der Waals surface area contributed by atoms with Crippen LogP contribution in [0, 0.1) is 0 Å². The third-order valence-electron chi connectivity index (χ3n) is 5.56. The number of fused-ring (bicyclic) bond motifs is 1. The predicted octanol–water partition coefficient (Wildman–Crippen LogP) is 2.02. The molecule has 1 aliphatic heterocycles. The van der Waals surface area contributed by atoms with Crippen LogP contribution in [0.2, 0.25) is 0 Å². The maximum Gasteiger partial charge on any atom is 0.530 e. The van der Waals surface area contributed by atoms with Crippen LogP contribution in [-0.2, 0) is 27.9 Å². The number of benzene rings is 1. The molecule has 6 atom stereocenters. The highest BCUT2D eigenvalue weighted by molar-refractivity contribution is 7.49. The molecule has 1 aliphatic rings. The molecule has 3 heterocycles. The summed E-state index contributed by atoms with van der Waals surface area (Å²) in [6, 6.07) is 7.95. The lowest BCUT2D eigenvalue weighted by Crippen LogP contribution is -2.40. The van der Waals surface area contributed by atoms with Gasteiger partial charge in [0.25, 0.3) is 0 Å². The number of phosphoric acid groups is 1. The zero-order valence-electron chi connectivity index (χ0n) is 19.6. The molecule has 15 heteroatoms. The molecule has 0 saturated carbocycles. The van der Waals surface area contributed by atoms with Crippen LogP contribution in [0.4, 0.5) is 10.2 Å². The molecule has 194 valence electrons. The number of nitrogens with two attached hydrogens (primary N) is 1. The molecular weight excluding hydrogens is 500 g/mol. The number of halogens is 1. The summed E-state index contributed by atoms with van der Waals surface area (Å²) in [6.07, 6.45) is -3.19. The number of alkyl halides is 1. The summed E-state index contributed by atoms with van der Waals surface area (Å²) in [6.45, 7) is 1.83. The number of carbonyl (C=O) groups excluding carboxylic acids is 1. The highest BCUT2D eigenvalue weighted by Gasteiger charge is 2.56. The zero-order chi connectivity index (χ0) is 26.1. The number of aromatic nitrogens is 4. The number of esters is 1. The van der Waals surface area contributed by atoms with Gasteiger partial charge in [-0.1, -0.05) is 18.2 Å². The average molecular weight is 525 g/mol. The van der Waals surface area contributed by atoms with Gasteiger partial charge in [-0.2, -0.15) is 5.10 Å². The van der Waals surface area contributed by atoms with Crippen molar-refractivity contribution < 1.29 is 41.9 Å². The van der Waals surface area contributed by atoms with Gasteiger partial charge in [-0.3, -0.25) is 9.05 Å². The number of para-hydroxylation sites is 1. The Balaban J connectivity index is 1.55. The zero-order valence-corrected chi connectivity index (χ0v) is 20.4. The molecule has 0 radical (unpaired) electrons. The maximum absolute atomic E-state index is 15.7. The molecule has 1 fully saturated rings. The molecule has 2 aromatic heterocycles. The second kappa shape index (κ2) is 10.1. The van der Waals surface area contributed by atoms with E-state index < -0.39 is 50.5 Å². The first-order valence-corrected chi connectivity index (χ1v) is 12.2. The lowest BCUT2D eigenvalue weighted by molar-refractivity contribution is -0.148. The largest absolute Gasteiger partial charge is 0.530 e. The highest BCUT2D eigenvalue weighted by Crippen LogP contribution is 2.52. The third-order valence-corrected chi connectivity index (χ3v) is 7.03. The number of nitrogens with zero attached hydrogens (tertiary/aromatic N) is 4. The number of methoxy groups -OCH3 is 1. The number of carbonyl (C=O) groups is 1. The number of phosphoric ester groups is 1. The van der Waals surface area contributed by atoms with Crippen LogP contribution < -0.4 is 10.3 Å². The molecule has 1 aromatic carbocycles. The van der Waals surface area contributed by atoms with Gasteiger partial charge < -0.3 is 24.8 Å². The van der Waals surface area contributed by atoms with E-state index in [4.69, 9.17) is 24.0 Å². The minimum atomic E-state index is -4.48. The van der Waals surface area contributed by atoms with Crippen molar-refractivity contribution in [2.75, 3.05) is 19.5 Å². The van der Waals surface area contributed by atoms with Crippen molar-refractivity contribution in [2.24, 2.45) is 0 Å². The summed E-state index contributed by atoms with van der Waals surface area (Å²) in [5.74, 6) is -0.619. The van der Waals surface area contributed by atoms with Crippen molar-refractivity contribution in [2.45, 2.75) is 43.9 Å². The number of hydrogen-bond donors (Lipinski definition) is 2. The van der Waals surface area contributed by atoms with Crippen molar-refractivity contribution >= 4 is 25.3 Å². The second-order valence-corrected chi connectivity index (χ2v) is 9.68. The van der Waals surface area contributed by atoms with E-state index >= 15 is 4.39 Å². The Bertz CT molecular complexity index is 1280. The van der Waals surface area contributed by atoms with Crippen molar-refractivity contribution in [3.8, 4) is 5.75 Å². The smallest absolute Gasteiger partial charge is 0.467 e. The normalized spacial score (nSPS) is 26.4. The van der Waals surface area contributed by atoms with Gasteiger partial charge in [-0.05, 0) is 26.0 Å². The molecule has 13 nitrogen and oxygen atoms in total. The molecule has 0 aliphatic carbocycles. The van der Waals surface area contributed by atoms with Gasteiger partial charge in [0.2, 0.25) is 0 Å². The van der Waals surface area contributed by atoms with Gasteiger partial charge >= 0.3 is 13.8 Å². The van der Waals surface area contributed by atoms with Crippen molar-refractivity contribution in [1.82, 2.24) is 19.6 Å². The lowest BCUT2D eigenvalue weighted by atomic mass is 9.93. The Morgan fingerprint density at radius 3 is 2.78 bits per heavy atom. The summed E-state index contributed by atoms with van der Waals surface area (Å²) in [5, 5.41) is 14.7. The number of aliphatic hydroxyl groups is 1. The Morgan fingerprint density at radius 1 is 1.36 bits per heavy atom. The molecule has 36 heavy (non-hydrogen) atoms. The Labute approximate surface area is 204 Å². The van der Waals surface area contributed by atoms with Crippen molar-refractivity contribution in [3.05, 3.63) is 48.5 Å². The first-order chi connectivity index (χ1) is 17.1. The van der Waals surface area contributed by atoms with E-state index in [9.17, 15) is 14.5 Å². The van der Waals surface area contributed by atoms with Crippen LogP contribution in [0.1, 0.15) is 25.6 Å². The summed E-state index contributed by atoms with van der Waals surface area (Å²) in [7, 11) is -3.35. The van der Waals surface area contributed by atoms with Crippen LogP contribution in [0.5, 0.6) is 5.75 Å². The summed E-state index contributed by atoms with van der Waals surface area (Å²) < 4.78 is 56.8. The van der Waals surface area contributed by atoms with Crippen molar-refractivity contribution in [1.29, 1.82) is 0 Å².